The van der Waals surface area contributed by atoms with Crippen LogP contribution in [0.5, 0.6) is 11.5 Å². The molecule has 0 saturated carbocycles. The van der Waals surface area contributed by atoms with E-state index in [1.807, 2.05) is 0 Å². The second-order valence-corrected chi connectivity index (χ2v) is 4.63. The zero-order valence-corrected chi connectivity index (χ0v) is 10.9. The Balaban J connectivity index is 2.12. The molecule has 1 aromatic carbocycles. The zero-order chi connectivity index (χ0) is 14.4. The lowest BCUT2D eigenvalue weighted by Gasteiger charge is -2.10. The fraction of sp³-hybridized carbons (Fsp3) is 0.286. The molecule has 0 spiro atoms. The Morgan fingerprint density at radius 1 is 1.20 bits per heavy atom. The molecule has 0 saturated heterocycles. The Labute approximate surface area is 114 Å². The largest absolute Gasteiger partial charge is 0.507 e. The molecule has 2 aliphatic rings. The first kappa shape index (κ1) is 12.5. The molecule has 6 nitrogen and oxygen atoms in total. The first-order valence-corrected chi connectivity index (χ1v) is 6.06. The highest BCUT2D eigenvalue weighted by atomic mass is 16.6. The molecular weight excluding hydrogens is 264 g/mol. The first-order chi connectivity index (χ1) is 9.51. The van der Waals surface area contributed by atoms with E-state index in [-0.39, 0.29) is 23.0 Å². The van der Waals surface area contributed by atoms with Gasteiger partial charge in [-0.1, -0.05) is 0 Å². The number of carbonyl (C=O) groups is 2. The lowest BCUT2D eigenvalue weighted by Crippen LogP contribution is -2.10. The highest BCUT2D eigenvalue weighted by molar-refractivity contribution is 6.01. The van der Waals surface area contributed by atoms with Crippen molar-refractivity contribution >= 4 is 11.9 Å². The summed E-state index contributed by atoms with van der Waals surface area (Å²) in [6.45, 7) is 1.71. The third-order valence-electron chi connectivity index (χ3n) is 3.29. The highest BCUT2D eigenvalue weighted by Gasteiger charge is 2.41. The number of ether oxygens (including phenoxy) is 3. The Kier molecular flexibility index (Phi) is 2.67. The summed E-state index contributed by atoms with van der Waals surface area (Å²) in [5.41, 5.74) is 0.727. The lowest BCUT2D eigenvalue weighted by molar-refractivity contribution is -0.139. The van der Waals surface area contributed by atoms with Crippen LogP contribution in [0.3, 0.4) is 0 Å². The SMILES string of the molecule is COc1cc(O)c2c(c1)C(C1=CC(C)OC1=O)OC2=O. The van der Waals surface area contributed by atoms with Gasteiger partial charge in [0.2, 0.25) is 0 Å². The van der Waals surface area contributed by atoms with Crippen LogP contribution in [0.2, 0.25) is 0 Å². The fourth-order valence-corrected chi connectivity index (χ4v) is 2.42. The van der Waals surface area contributed by atoms with Crippen molar-refractivity contribution in [1.29, 1.82) is 0 Å². The maximum Gasteiger partial charge on any atom is 0.343 e. The van der Waals surface area contributed by atoms with Gasteiger partial charge >= 0.3 is 11.9 Å². The van der Waals surface area contributed by atoms with Gasteiger partial charge in [-0.05, 0) is 19.1 Å². The van der Waals surface area contributed by atoms with E-state index in [9.17, 15) is 14.7 Å². The maximum atomic E-state index is 11.8. The molecule has 104 valence electrons. The van der Waals surface area contributed by atoms with Gasteiger partial charge in [-0.2, -0.15) is 0 Å². The van der Waals surface area contributed by atoms with Crippen molar-refractivity contribution in [3.05, 3.63) is 34.9 Å². The Morgan fingerprint density at radius 3 is 2.55 bits per heavy atom. The van der Waals surface area contributed by atoms with Crippen molar-refractivity contribution in [2.45, 2.75) is 19.1 Å². The summed E-state index contributed by atoms with van der Waals surface area (Å²) in [5.74, 6) is -1.04. The van der Waals surface area contributed by atoms with E-state index in [0.717, 1.165) is 0 Å². The summed E-state index contributed by atoms with van der Waals surface area (Å²) >= 11 is 0. The zero-order valence-electron chi connectivity index (χ0n) is 10.9. The van der Waals surface area contributed by atoms with Gasteiger partial charge in [0.15, 0.2) is 6.10 Å². The average Bonchev–Trinajstić information content (AvgIpc) is 2.89. The molecule has 2 atom stereocenters. The smallest absolute Gasteiger partial charge is 0.343 e. The number of phenols is 1. The van der Waals surface area contributed by atoms with Gasteiger partial charge in [0.25, 0.3) is 0 Å². The van der Waals surface area contributed by atoms with Gasteiger partial charge in [-0.25, -0.2) is 9.59 Å². The van der Waals surface area contributed by atoms with Crippen molar-refractivity contribution < 1.29 is 28.9 Å². The van der Waals surface area contributed by atoms with Crippen molar-refractivity contribution in [2.24, 2.45) is 0 Å². The standard InChI is InChI=1S/C14H12O6/c1-6-3-9(13(16)19-6)12-8-4-7(18-2)5-10(15)11(8)14(17)20-12/h3-6,12,15H,1-2H3. The summed E-state index contributed by atoms with van der Waals surface area (Å²) < 4.78 is 15.2. The number of aromatic hydroxyl groups is 1. The van der Waals surface area contributed by atoms with E-state index in [4.69, 9.17) is 14.2 Å². The van der Waals surface area contributed by atoms with Crippen LogP contribution in [-0.2, 0) is 14.3 Å². The molecule has 0 amide bonds. The maximum absolute atomic E-state index is 11.8. The van der Waals surface area contributed by atoms with Gasteiger partial charge in [0.1, 0.15) is 23.2 Å². The van der Waals surface area contributed by atoms with Crippen LogP contribution in [0.4, 0.5) is 0 Å². The molecule has 1 N–H and O–H groups in total. The Morgan fingerprint density at radius 2 is 1.95 bits per heavy atom. The van der Waals surface area contributed by atoms with Crippen LogP contribution >= 0.6 is 0 Å². The molecule has 20 heavy (non-hydrogen) atoms. The summed E-state index contributed by atoms with van der Waals surface area (Å²) in [6, 6.07) is 2.90. The predicted octanol–water partition coefficient (Wildman–Crippen LogP) is 1.48. The van der Waals surface area contributed by atoms with E-state index in [2.05, 4.69) is 0 Å². The molecule has 2 aliphatic heterocycles. The molecule has 0 bridgehead atoms. The van der Waals surface area contributed by atoms with Crippen molar-refractivity contribution in [3.63, 3.8) is 0 Å². The number of hydrogen-bond donors (Lipinski definition) is 1. The molecule has 0 fully saturated rings. The minimum atomic E-state index is -0.865. The molecular formula is C14H12O6. The number of carbonyl (C=O) groups excluding carboxylic acids is 2. The van der Waals surface area contributed by atoms with Gasteiger partial charge < -0.3 is 19.3 Å². The van der Waals surface area contributed by atoms with Crippen LogP contribution in [0.1, 0.15) is 28.9 Å². The van der Waals surface area contributed by atoms with E-state index < -0.39 is 18.0 Å². The molecule has 0 aliphatic carbocycles. The second-order valence-electron chi connectivity index (χ2n) is 4.63. The molecule has 2 heterocycles. The van der Waals surface area contributed by atoms with Crippen LogP contribution in [0.25, 0.3) is 0 Å². The third-order valence-corrected chi connectivity index (χ3v) is 3.29. The van der Waals surface area contributed by atoms with Crippen molar-refractivity contribution in [1.82, 2.24) is 0 Å². The van der Waals surface area contributed by atoms with Crippen molar-refractivity contribution in [3.8, 4) is 11.5 Å². The van der Waals surface area contributed by atoms with E-state index in [0.29, 0.717) is 11.3 Å². The predicted molar refractivity (Wildman–Crippen MR) is 66.5 cm³/mol. The average molecular weight is 276 g/mol. The van der Waals surface area contributed by atoms with E-state index in [1.54, 1.807) is 19.1 Å². The number of hydrogen-bond acceptors (Lipinski definition) is 6. The number of methoxy groups -OCH3 is 1. The fourth-order valence-electron chi connectivity index (χ4n) is 2.42. The lowest BCUT2D eigenvalue weighted by atomic mass is 9.98. The second kappa shape index (κ2) is 4.26. The van der Waals surface area contributed by atoms with E-state index >= 15 is 0 Å². The highest BCUT2D eigenvalue weighted by Crippen LogP contribution is 2.43. The number of rotatable bonds is 2. The van der Waals surface area contributed by atoms with Gasteiger partial charge in [0, 0.05) is 11.6 Å². The summed E-state index contributed by atoms with van der Waals surface area (Å²) in [6.07, 6.45) is 0.377. The van der Waals surface area contributed by atoms with Crippen LogP contribution in [0, 0.1) is 0 Å². The number of esters is 2. The summed E-state index contributed by atoms with van der Waals surface area (Å²) in [5, 5.41) is 9.88. The third kappa shape index (κ3) is 1.72. The number of phenolic OH excluding ortho intramolecular Hbond substituents is 1. The summed E-state index contributed by atoms with van der Waals surface area (Å²) in [4.78, 5) is 23.6. The number of fused-ring (bicyclic) bond motifs is 1. The topological polar surface area (TPSA) is 82.1 Å². The van der Waals surface area contributed by atoms with Gasteiger partial charge in [-0.3, -0.25) is 0 Å². The van der Waals surface area contributed by atoms with Crippen molar-refractivity contribution in [2.75, 3.05) is 7.11 Å². The molecule has 2 unspecified atom stereocenters. The summed E-state index contributed by atoms with van der Waals surface area (Å²) in [7, 11) is 1.44. The Bertz CT molecular complexity index is 645. The monoisotopic (exact) mass is 276 g/mol. The number of benzene rings is 1. The minimum Gasteiger partial charge on any atom is -0.507 e. The van der Waals surface area contributed by atoms with E-state index in [1.165, 1.54) is 13.2 Å². The van der Waals surface area contributed by atoms with Crippen LogP contribution in [-0.4, -0.2) is 30.3 Å². The van der Waals surface area contributed by atoms with Gasteiger partial charge in [0.05, 0.1) is 12.7 Å². The quantitative estimate of drug-likeness (QED) is 0.824. The van der Waals surface area contributed by atoms with Crippen LogP contribution in [0.15, 0.2) is 23.8 Å². The van der Waals surface area contributed by atoms with Gasteiger partial charge in [-0.15, -0.1) is 0 Å². The first-order valence-electron chi connectivity index (χ1n) is 6.06. The molecule has 6 heteroatoms. The minimum absolute atomic E-state index is 0.0593. The molecule has 0 aromatic heterocycles. The van der Waals surface area contributed by atoms with Crippen LogP contribution < -0.4 is 4.74 Å². The number of cyclic esters (lactones) is 2. The molecule has 3 rings (SSSR count). The Hall–Kier alpha value is -2.50. The molecule has 1 aromatic rings. The normalized spacial score (nSPS) is 24.0. The molecule has 0 radical (unpaired) electrons.